The number of aromatic nitrogens is 3. The van der Waals surface area contributed by atoms with Crippen LogP contribution in [0.25, 0.3) is 0 Å². The van der Waals surface area contributed by atoms with Crippen molar-refractivity contribution >= 4 is 17.2 Å². The predicted molar refractivity (Wildman–Crippen MR) is 93.7 cm³/mol. The normalized spacial score (nSPS) is 11.0. The lowest BCUT2D eigenvalue weighted by molar-refractivity contribution is -0.121. The molecular weight excluding hydrogens is 308 g/mol. The molecule has 2 aromatic heterocycles. The minimum atomic E-state index is 0.0810. The highest BCUT2D eigenvalue weighted by atomic mass is 32.1. The van der Waals surface area contributed by atoms with Gasteiger partial charge in [0.2, 0.25) is 5.91 Å². The summed E-state index contributed by atoms with van der Waals surface area (Å²) in [4.78, 5) is 17.8. The van der Waals surface area contributed by atoms with Crippen molar-refractivity contribution in [2.75, 3.05) is 0 Å². The van der Waals surface area contributed by atoms with Crippen LogP contribution in [0.3, 0.4) is 0 Å². The third-order valence-electron chi connectivity index (χ3n) is 4.11. The van der Waals surface area contributed by atoms with Gasteiger partial charge in [0.25, 0.3) is 0 Å². The molecule has 126 valence electrons. The molecule has 2 aromatic rings. The molecule has 0 atom stereocenters. The van der Waals surface area contributed by atoms with Gasteiger partial charge in [0.15, 0.2) is 0 Å². The standard InChI is InChI=1S/C17H26N4OS/c1-6-7-17-19-12(3)15(23-17)10-18-16(22)9-8-14-11(2)20-21(5)13(14)4/h6-10H2,1-5H3,(H,18,22). The third kappa shape index (κ3) is 4.41. The van der Waals surface area contributed by atoms with E-state index >= 15 is 0 Å². The number of thiazole rings is 1. The van der Waals surface area contributed by atoms with Gasteiger partial charge in [-0.3, -0.25) is 9.48 Å². The van der Waals surface area contributed by atoms with Crippen molar-refractivity contribution in [1.82, 2.24) is 20.1 Å². The van der Waals surface area contributed by atoms with Crippen molar-refractivity contribution in [2.45, 2.75) is 59.9 Å². The maximum absolute atomic E-state index is 12.1. The lowest BCUT2D eigenvalue weighted by Gasteiger charge is -2.05. The average Bonchev–Trinajstić information content (AvgIpc) is 2.96. The van der Waals surface area contributed by atoms with Crippen LogP contribution in [0.4, 0.5) is 0 Å². The van der Waals surface area contributed by atoms with Crippen LogP contribution in [0.2, 0.25) is 0 Å². The number of rotatable bonds is 7. The van der Waals surface area contributed by atoms with E-state index in [4.69, 9.17) is 0 Å². The molecule has 0 spiro atoms. The highest BCUT2D eigenvalue weighted by Gasteiger charge is 2.12. The third-order valence-corrected chi connectivity index (χ3v) is 5.33. The Hall–Kier alpha value is -1.69. The van der Waals surface area contributed by atoms with Gasteiger partial charge in [0.1, 0.15) is 0 Å². The Morgan fingerprint density at radius 3 is 2.57 bits per heavy atom. The summed E-state index contributed by atoms with van der Waals surface area (Å²) in [5, 5.41) is 8.57. The van der Waals surface area contributed by atoms with E-state index in [1.54, 1.807) is 11.3 Å². The van der Waals surface area contributed by atoms with E-state index in [1.807, 2.05) is 32.5 Å². The topological polar surface area (TPSA) is 59.8 Å². The average molecular weight is 334 g/mol. The molecule has 2 heterocycles. The molecule has 5 nitrogen and oxygen atoms in total. The zero-order chi connectivity index (χ0) is 17.0. The first-order valence-corrected chi connectivity index (χ1v) is 8.95. The van der Waals surface area contributed by atoms with Crippen molar-refractivity contribution in [3.63, 3.8) is 0 Å². The Bertz CT molecular complexity index is 687. The Morgan fingerprint density at radius 1 is 1.22 bits per heavy atom. The minimum absolute atomic E-state index is 0.0810. The lowest BCUT2D eigenvalue weighted by atomic mass is 10.1. The second-order valence-corrected chi connectivity index (χ2v) is 7.08. The molecule has 0 fully saturated rings. The fraction of sp³-hybridized carbons (Fsp3) is 0.588. The van der Waals surface area contributed by atoms with Gasteiger partial charge >= 0.3 is 0 Å². The Kier molecular flexibility index (Phi) is 5.93. The van der Waals surface area contributed by atoms with Crippen LogP contribution < -0.4 is 5.32 Å². The summed E-state index contributed by atoms with van der Waals surface area (Å²) in [6.45, 7) is 8.79. The van der Waals surface area contributed by atoms with Crippen LogP contribution in [0.1, 0.15) is 52.3 Å². The zero-order valence-corrected chi connectivity index (χ0v) is 15.5. The molecular formula is C17H26N4OS. The Morgan fingerprint density at radius 2 is 1.96 bits per heavy atom. The molecule has 0 aromatic carbocycles. The van der Waals surface area contributed by atoms with Crippen LogP contribution in [0.5, 0.6) is 0 Å². The van der Waals surface area contributed by atoms with E-state index in [0.29, 0.717) is 13.0 Å². The van der Waals surface area contributed by atoms with Gasteiger partial charge < -0.3 is 5.32 Å². The molecule has 1 N–H and O–H groups in total. The Balaban J connectivity index is 1.86. The zero-order valence-electron chi connectivity index (χ0n) is 14.7. The summed E-state index contributed by atoms with van der Waals surface area (Å²) in [6, 6.07) is 0. The first-order valence-electron chi connectivity index (χ1n) is 8.13. The van der Waals surface area contributed by atoms with Crippen LogP contribution in [-0.2, 0) is 31.2 Å². The number of carbonyl (C=O) groups excluding carboxylic acids is 1. The summed E-state index contributed by atoms with van der Waals surface area (Å²) in [7, 11) is 1.94. The molecule has 2 rings (SSSR count). The largest absolute Gasteiger partial charge is 0.351 e. The Labute approximate surface area is 142 Å². The summed E-state index contributed by atoms with van der Waals surface area (Å²) >= 11 is 1.71. The van der Waals surface area contributed by atoms with E-state index in [1.165, 1.54) is 5.56 Å². The molecule has 0 bridgehead atoms. The number of aryl methyl sites for hydroxylation is 4. The van der Waals surface area contributed by atoms with Crippen LogP contribution in [0, 0.1) is 20.8 Å². The number of hydrogen-bond donors (Lipinski definition) is 1. The number of hydrogen-bond acceptors (Lipinski definition) is 4. The van der Waals surface area contributed by atoms with Gasteiger partial charge in [-0.1, -0.05) is 6.92 Å². The molecule has 23 heavy (non-hydrogen) atoms. The van der Waals surface area contributed by atoms with E-state index < -0.39 is 0 Å². The lowest BCUT2D eigenvalue weighted by Crippen LogP contribution is -2.23. The number of amides is 1. The fourth-order valence-electron chi connectivity index (χ4n) is 2.66. The highest BCUT2D eigenvalue weighted by Crippen LogP contribution is 2.19. The first-order chi connectivity index (χ1) is 10.9. The van der Waals surface area contributed by atoms with Gasteiger partial charge in [0.05, 0.1) is 22.9 Å². The molecule has 0 radical (unpaired) electrons. The first kappa shape index (κ1) is 17.7. The maximum atomic E-state index is 12.1. The van der Waals surface area contributed by atoms with Gasteiger partial charge in [0, 0.05) is 24.0 Å². The van der Waals surface area contributed by atoms with Crippen molar-refractivity contribution in [1.29, 1.82) is 0 Å². The van der Waals surface area contributed by atoms with Crippen LogP contribution >= 0.6 is 11.3 Å². The second kappa shape index (κ2) is 7.73. The van der Waals surface area contributed by atoms with Crippen LogP contribution in [0.15, 0.2) is 0 Å². The summed E-state index contributed by atoms with van der Waals surface area (Å²) < 4.78 is 1.87. The number of carbonyl (C=O) groups is 1. The molecule has 1 amide bonds. The van der Waals surface area contributed by atoms with Crippen molar-refractivity contribution < 1.29 is 4.79 Å². The number of nitrogens with zero attached hydrogens (tertiary/aromatic N) is 3. The number of nitrogens with one attached hydrogen (secondary N) is 1. The molecule has 6 heteroatoms. The molecule has 0 saturated carbocycles. The van der Waals surface area contributed by atoms with Crippen molar-refractivity contribution in [2.24, 2.45) is 7.05 Å². The minimum Gasteiger partial charge on any atom is -0.351 e. The maximum Gasteiger partial charge on any atom is 0.220 e. The van der Waals surface area contributed by atoms with E-state index in [-0.39, 0.29) is 5.91 Å². The summed E-state index contributed by atoms with van der Waals surface area (Å²) in [6.07, 6.45) is 3.34. The van der Waals surface area contributed by atoms with Gasteiger partial charge in [-0.05, 0) is 45.6 Å². The summed E-state index contributed by atoms with van der Waals surface area (Å²) in [5.41, 5.74) is 4.37. The molecule has 0 aliphatic heterocycles. The molecule has 0 saturated heterocycles. The smallest absolute Gasteiger partial charge is 0.220 e. The second-order valence-electron chi connectivity index (χ2n) is 5.92. The molecule has 0 aliphatic carbocycles. The monoisotopic (exact) mass is 334 g/mol. The van der Waals surface area contributed by atoms with Gasteiger partial charge in [-0.25, -0.2) is 4.98 Å². The molecule has 0 aliphatic rings. The van der Waals surface area contributed by atoms with E-state index in [9.17, 15) is 4.79 Å². The SMILES string of the molecule is CCCc1nc(C)c(CNC(=O)CCc2c(C)nn(C)c2C)s1. The predicted octanol–water partition coefficient (Wildman–Crippen LogP) is 3.00. The van der Waals surface area contributed by atoms with E-state index in [2.05, 4.69) is 22.3 Å². The fourth-order valence-corrected chi connectivity index (χ4v) is 3.77. The van der Waals surface area contributed by atoms with Crippen molar-refractivity contribution in [3.05, 3.63) is 32.5 Å². The van der Waals surface area contributed by atoms with E-state index in [0.717, 1.165) is 46.2 Å². The molecule has 0 unspecified atom stereocenters. The summed E-state index contributed by atoms with van der Waals surface area (Å²) in [5.74, 6) is 0.0810. The quantitative estimate of drug-likeness (QED) is 0.847. The van der Waals surface area contributed by atoms with Gasteiger partial charge in [-0.2, -0.15) is 5.10 Å². The van der Waals surface area contributed by atoms with Gasteiger partial charge in [-0.15, -0.1) is 11.3 Å². The van der Waals surface area contributed by atoms with Crippen molar-refractivity contribution in [3.8, 4) is 0 Å². The highest BCUT2D eigenvalue weighted by molar-refractivity contribution is 7.11. The van der Waals surface area contributed by atoms with Crippen LogP contribution in [-0.4, -0.2) is 20.7 Å².